The van der Waals surface area contributed by atoms with Crippen LogP contribution in [0.5, 0.6) is 11.8 Å². The van der Waals surface area contributed by atoms with Gasteiger partial charge in [0.2, 0.25) is 0 Å². The smallest absolute Gasteiger partial charge is 0.278 e. The van der Waals surface area contributed by atoms with Gasteiger partial charge in [-0.1, -0.05) is 0 Å². The van der Waals surface area contributed by atoms with Gasteiger partial charge in [0.25, 0.3) is 17.7 Å². The quantitative estimate of drug-likeness (QED) is 0.727. The molecule has 4 rings (SSSR count). The maximum absolute atomic E-state index is 12.5. The monoisotopic (exact) mass is 384 g/mol. The number of nitrogens with one attached hydrogen (secondary N) is 1. The van der Waals surface area contributed by atoms with Gasteiger partial charge in [0, 0.05) is 24.0 Å². The second-order valence-electron chi connectivity index (χ2n) is 6.47. The zero-order valence-electron chi connectivity index (χ0n) is 14.9. The first-order valence-electron chi connectivity index (χ1n) is 8.88. The zero-order valence-corrected chi connectivity index (χ0v) is 15.7. The highest BCUT2D eigenvalue weighted by molar-refractivity contribution is 7.16. The number of carbonyl (C=O) groups is 1. The molecule has 8 heteroatoms. The molecule has 1 amide bonds. The number of carbonyl (C=O) groups excluding carboxylic acids is 1. The van der Waals surface area contributed by atoms with Crippen molar-refractivity contribution in [2.45, 2.75) is 37.8 Å². The summed E-state index contributed by atoms with van der Waals surface area (Å²) in [6.45, 7) is 0. The molecule has 1 saturated carbocycles. The van der Waals surface area contributed by atoms with Crippen LogP contribution in [-0.2, 0) is 0 Å². The summed E-state index contributed by atoms with van der Waals surface area (Å²) < 4.78 is 12.1. The summed E-state index contributed by atoms with van der Waals surface area (Å²) in [5.41, 5.74) is 3.39. The van der Waals surface area contributed by atoms with Crippen LogP contribution in [-0.4, -0.2) is 40.1 Å². The Balaban J connectivity index is 1.32. The average molecular weight is 384 g/mol. The van der Waals surface area contributed by atoms with Gasteiger partial charge < -0.3 is 14.8 Å². The van der Waals surface area contributed by atoms with Crippen LogP contribution in [0.25, 0.3) is 10.2 Å². The van der Waals surface area contributed by atoms with Gasteiger partial charge in [-0.05, 0) is 43.9 Å². The predicted octanol–water partition coefficient (Wildman–Crippen LogP) is 3.21. The van der Waals surface area contributed by atoms with Gasteiger partial charge in [0.15, 0.2) is 0 Å². The van der Waals surface area contributed by atoms with Gasteiger partial charge in [0.05, 0.1) is 22.8 Å². The highest BCUT2D eigenvalue weighted by Gasteiger charge is 2.25. The van der Waals surface area contributed by atoms with Gasteiger partial charge in [-0.25, -0.2) is 15.0 Å². The molecule has 0 unspecified atom stereocenters. The lowest BCUT2D eigenvalue weighted by Crippen LogP contribution is -2.39. The molecular weight excluding hydrogens is 364 g/mol. The highest BCUT2D eigenvalue weighted by atomic mass is 32.1. The summed E-state index contributed by atoms with van der Waals surface area (Å²) in [6.07, 6.45) is 6.63. The summed E-state index contributed by atoms with van der Waals surface area (Å²) in [6, 6.07) is 5.77. The molecule has 27 heavy (non-hydrogen) atoms. The molecule has 0 atom stereocenters. The summed E-state index contributed by atoms with van der Waals surface area (Å²) in [4.78, 5) is 25.1. The van der Waals surface area contributed by atoms with Crippen LogP contribution in [0.2, 0.25) is 0 Å². The van der Waals surface area contributed by atoms with E-state index in [1.54, 1.807) is 36.4 Å². The van der Waals surface area contributed by atoms with Crippen molar-refractivity contribution in [1.29, 1.82) is 0 Å². The number of aromatic nitrogens is 3. The molecule has 1 fully saturated rings. The molecule has 1 aromatic carbocycles. The summed E-state index contributed by atoms with van der Waals surface area (Å²) in [7, 11) is 1.55. The van der Waals surface area contributed by atoms with E-state index in [4.69, 9.17) is 9.47 Å². The van der Waals surface area contributed by atoms with Crippen molar-refractivity contribution >= 4 is 27.5 Å². The maximum atomic E-state index is 12.5. The lowest BCUT2D eigenvalue weighted by atomic mass is 9.92. The van der Waals surface area contributed by atoms with E-state index in [0.29, 0.717) is 17.3 Å². The highest BCUT2D eigenvalue weighted by Crippen LogP contribution is 2.27. The normalized spacial score (nSPS) is 19.6. The Labute approximate surface area is 160 Å². The molecule has 2 aromatic heterocycles. The third-order valence-corrected chi connectivity index (χ3v) is 5.50. The van der Waals surface area contributed by atoms with Crippen molar-refractivity contribution < 1.29 is 14.3 Å². The Morgan fingerprint density at radius 3 is 2.67 bits per heavy atom. The molecule has 1 aliphatic rings. The van der Waals surface area contributed by atoms with Crippen LogP contribution in [0.15, 0.2) is 36.1 Å². The van der Waals surface area contributed by atoms with Crippen LogP contribution in [0.4, 0.5) is 0 Å². The van der Waals surface area contributed by atoms with E-state index in [1.807, 2.05) is 18.2 Å². The van der Waals surface area contributed by atoms with Crippen LogP contribution in [0.1, 0.15) is 36.0 Å². The molecule has 3 aromatic rings. The Hall–Kier alpha value is -2.74. The predicted molar refractivity (Wildman–Crippen MR) is 102 cm³/mol. The van der Waals surface area contributed by atoms with E-state index >= 15 is 0 Å². The van der Waals surface area contributed by atoms with Crippen molar-refractivity contribution in [3.05, 3.63) is 41.7 Å². The fourth-order valence-corrected chi connectivity index (χ4v) is 4.00. The number of fused-ring (bicyclic) bond motifs is 1. The number of hydrogen-bond acceptors (Lipinski definition) is 7. The standard InChI is InChI=1S/C19H20N4O3S/c1-25-18-19(21-9-8-20-18)26-14-5-3-13(4-6-14)23-17(24)12-2-7-15-16(10-12)27-11-22-15/h2,7-11,13-14H,3-6H2,1H3,(H,23,24). The van der Waals surface area contributed by atoms with E-state index in [-0.39, 0.29) is 18.1 Å². The molecule has 0 saturated heterocycles. The Morgan fingerprint density at radius 2 is 1.89 bits per heavy atom. The Kier molecular flexibility index (Phi) is 5.15. The van der Waals surface area contributed by atoms with Crippen LogP contribution in [0, 0.1) is 0 Å². The zero-order chi connectivity index (χ0) is 18.6. The minimum atomic E-state index is -0.0368. The van der Waals surface area contributed by atoms with Crippen LogP contribution in [0.3, 0.4) is 0 Å². The van der Waals surface area contributed by atoms with Gasteiger partial charge >= 0.3 is 0 Å². The fraction of sp³-hybridized carbons (Fsp3) is 0.368. The lowest BCUT2D eigenvalue weighted by molar-refractivity contribution is 0.0886. The molecule has 1 aliphatic carbocycles. The molecule has 7 nitrogen and oxygen atoms in total. The summed E-state index contributed by atoms with van der Waals surface area (Å²) >= 11 is 1.54. The molecular formula is C19H20N4O3S. The molecule has 0 bridgehead atoms. The number of amides is 1. The first-order chi connectivity index (χ1) is 13.2. The van der Waals surface area contributed by atoms with Crippen molar-refractivity contribution in [2.75, 3.05) is 7.11 Å². The molecule has 2 heterocycles. The largest absolute Gasteiger partial charge is 0.477 e. The molecule has 0 spiro atoms. The Bertz CT molecular complexity index is 937. The van der Waals surface area contributed by atoms with Gasteiger partial charge in [-0.2, -0.15) is 0 Å². The molecule has 1 N–H and O–H groups in total. The van der Waals surface area contributed by atoms with Crippen molar-refractivity contribution in [3.63, 3.8) is 0 Å². The van der Waals surface area contributed by atoms with Crippen molar-refractivity contribution in [1.82, 2.24) is 20.3 Å². The Morgan fingerprint density at radius 1 is 1.11 bits per heavy atom. The van der Waals surface area contributed by atoms with E-state index < -0.39 is 0 Å². The first kappa shape index (κ1) is 17.7. The number of rotatable bonds is 5. The number of ether oxygens (including phenoxy) is 2. The van der Waals surface area contributed by atoms with Crippen molar-refractivity contribution in [3.8, 4) is 11.8 Å². The molecule has 140 valence electrons. The van der Waals surface area contributed by atoms with Crippen LogP contribution >= 0.6 is 11.3 Å². The van der Waals surface area contributed by atoms with E-state index in [1.165, 1.54) is 0 Å². The SMILES string of the molecule is COc1nccnc1OC1CCC(NC(=O)c2ccc3ncsc3c2)CC1. The second-order valence-corrected chi connectivity index (χ2v) is 7.36. The minimum Gasteiger partial charge on any atom is -0.477 e. The minimum absolute atomic E-state index is 0.0368. The number of nitrogens with zero attached hydrogens (tertiary/aromatic N) is 3. The van der Waals surface area contributed by atoms with E-state index in [2.05, 4.69) is 20.3 Å². The second kappa shape index (κ2) is 7.87. The van der Waals surface area contributed by atoms with Gasteiger partial charge in [0.1, 0.15) is 6.10 Å². The maximum Gasteiger partial charge on any atom is 0.278 e. The van der Waals surface area contributed by atoms with E-state index in [0.717, 1.165) is 35.9 Å². The number of hydrogen-bond donors (Lipinski definition) is 1. The number of benzene rings is 1. The molecule has 0 aliphatic heterocycles. The summed E-state index contributed by atoms with van der Waals surface area (Å²) in [5.74, 6) is 0.780. The van der Waals surface area contributed by atoms with Gasteiger partial charge in [-0.15, -0.1) is 11.3 Å². The van der Waals surface area contributed by atoms with Crippen LogP contribution < -0.4 is 14.8 Å². The average Bonchev–Trinajstić information content (AvgIpc) is 3.17. The number of methoxy groups -OCH3 is 1. The molecule has 0 radical (unpaired) electrons. The lowest BCUT2D eigenvalue weighted by Gasteiger charge is -2.29. The third-order valence-electron chi connectivity index (χ3n) is 4.71. The van der Waals surface area contributed by atoms with Gasteiger partial charge in [-0.3, -0.25) is 4.79 Å². The fourth-order valence-electron chi connectivity index (χ4n) is 3.28. The summed E-state index contributed by atoms with van der Waals surface area (Å²) in [5, 5.41) is 3.14. The number of thiazole rings is 1. The first-order valence-corrected chi connectivity index (χ1v) is 9.76. The topological polar surface area (TPSA) is 86.2 Å². The third kappa shape index (κ3) is 4.00. The van der Waals surface area contributed by atoms with Crippen molar-refractivity contribution in [2.24, 2.45) is 0 Å². The van der Waals surface area contributed by atoms with E-state index in [9.17, 15) is 4.79 Å².